The topological polar surface area (TPSA) is 85.0 Å². The number of aryl methyl sites for hydroxylation is 1. The number of carbonyl (C=O) groups excluding carboxylic acids is 2. The molecule has 0 spiro atoms. The Kier molecular flexibility index (Phi) is 4.03. The number of amides is 2. The van der Waals surface area contributed by atoms with Crippen LogP contribution in [0.5, 0.6) is 0 Å². The minimum absolute atomic E-state index is 0.0752. The highest BCUT2D eigenvalue weighted by Gasteiger charge is 2.12. The van der Waals surface area contributed by atoms with E-state index in [1.54, 1.807) is 20.2 Å². The quantitative estimate of drug-likeness (QED) is 0.778. The summed E-state index contributed by atoms with van der Waals surface area (Å²) in [6.07, 6.45) is 3.36. The fourth-order valence-corrected chi connectivity index (χ4v) is 2.30. The Labute approximate surface area is 138 Å². The molecular weight excluding hydrogens is 308 g/mol. The van der Waals surface area contributed by atoms with E-state index in [0.717, 1.165) is 10.9 Å². The molecule has 24 heavy (non-hydrogen) atoms. The highest BCUT2D eigenvalue weighted by molar-refractivity contribution is 6.05. The monoisotopic (exact) mass is 326 g/mol. The van der Waals surface area contributed by atoms with Crippen LogP contribution in [0.25, 0.3) is 10.9 Å². The number of rotatable bonds is 4. The number of nitrogens with one attached hydrogen (secondary N) is 1. The van der Waals surface area contributed by atoms with Crippen molar-refractivity contribution in [3.8, 4) is 0 Å². The van der Waals surface area contributed by atoms with E-state index in [4.69, 9.17) is 0 Å². The van der Waals surface area contributed by atoms with E-state index in [1.807, 2.05) is 36.0 Å². The van der Waals surface area contributed by atoms with E-state index < -0.39 is 0 Å². The molecule has 8 nitrogen and oxygen atoms in total. The molecule has 3 aromatic rings. The second kappa shape index (κ2) is 6.15. The van der Waals surface area contributed by atoms with Gasteiger partial charge in [0.15, 0.2) is 0 Å². The lowest BCUT2D eigenvalue weighted by Crippen LogP contribution is -2.26. The van der Waals surface area contributed by atoms with Crippen LogP contribution in [0.1, 0.15) is 10.4 Å². The van der Waals surface area contributed by atoms with Gasteiger partial charge in [0.05, 0.1) is 0 Å². The van der Waals surface area contributed by atoms with E-state index in [9.17, 15) is 9.59 Å². The van der Waals surface area contributed by atoms with Crippen molar-refractivity contribution in [2.75, 3.05) is 19.4 Å². The molecule has 0 fully saturated rings. The van der Waals surface area contributed by atoms with Crippen LogP contribution in [0.2, 0.25) is 0 Å². The third-order valence-electron chi connectivity index (χ3n) is 3.71. The zero-order valence-electron chi connectivity index (χ0n) is 13.7. The molecule has 0 saturated heterocycles. The van der Waals surface area contributed by atoms with E-state index >= 15 is 0 Å². The number of nitrogens with zero attached hydrogens (tertiary/aromatic N) is 5. The Morgan fingerprint density at radius 2 is 2.04 bits per heavy atom. The highest BCUT2D eigenvalue weighted by Crippen LogP contribution is 2.17. The smallest absolute Gasteiger partial charge is 0.258 e. The van der Waals surface area contributed by atoms with Crippen LogP contribution in [0, 0.1) is 0 Å². The summed E-state index contributed by atoms with van der Waals surface area (Å²) in [5, 5.41) is 7.71. The van der Waals surface area contributed by atoms with Crippen LogP contribution in [0.15, 0.2) is 36.8 Å². The molecule has 2 aromatic heterocycles. The van der Waals surface area contributed by atoms with Crippen LogP contribution >= 0.6 is 0 Å². The minimum Gasteiger partial charge on any atom is -0.351 e. The highest BCUT2D eigenvalue weighted by atomic mass is 16.2. The summed E-state index contributed by atoms with van der Waals surface area (Å²) < 4.78 is 3.38. The average molecular weight is 326 g/mol. The summed E-state index contributed by atoms with van der Waals surface area (Å²) in [6, 6.07) is 7.42. The molecule has 0 aliphatic rings. The summed E-state index contributed by atoms with van der Waals surface area (Å²) in [5.41, 5.74) is 1.57. The number of benzene rings is 1. The van der Waals surface area contributed by atoms with E-state index in [0.29, 0.717) is 5.56 Å². The van der Waals surface area contributed by atoms with Gasteiger partial charge in [0.25, 0.3) is 5.91 Å². The van der Waals surface area contributed by atoms with Gasteiger partial charge in [0.1, 0.15) is 12.9 Å². The number of carbonyl (C=O) groups is 2. The molecular formula is C16H18N6O2. The summed E-state index contributed by atoms with van der Waals surface area (Å²) >= 11 is 0. The minimum atomic E-state index is -0.294. The predicted octanol–water partition coefficient (Wildman–Crippen LogP) is 1.11. The fraction of sp³-hybridized carbons (Fsp3) is 0.250. The Hall–Kier alpha value is -3.16. The zero-order chi connectivity index (χ0) is 17.3. The SMILES string of the molecule is CN(C)C(=O)Cn1cnc(NC(=O)c2ccc3c(ccn3C)c2)n1. The van der Waals surface area contributed by atoms with E-state index in [1.165, 1.54) is 15.9 Å². The van der Waals surface area contributed by atoms with Gasteiger partial charge in [-0.05, 0) is 24.3 Å². The van der Waals surface area contributed by atoms with Gasteiger partial charge in [-0.25, -0.2) is 9.67 Å². The lowest BCUT2D eigenvalue weighted by molar-refractivity contribution is -0.129. The van der Waals surface area contributed by atoms with Crippen LogP contribution in [0.3, 0.4) is 0 Å². The van der Waals surface area contributed by atoms with Crippen LogP contribution < -0.4 is 5.32 Å². The first-order chi connectivity index (χ1) is 11.4. The Balaban J connectivity index is 1.72. The first kappa shape index (κ1) is 15.7. The Bertz CT molecular complexity index is 908. The maximum absolute atomic E-state index is 12.3. The van der Waals surface area contributed by atoms with Crippen molar-refractivity contribution in [2.45, 2.75) is 6.54 Å². The van der Waals surface area contributed by atoms with Gasteiger partial charge in [-0.15, -0.1) is 5.10 Å². The van der Waals surface area contributed by atoms with Crippen molar-refractivity contribution in [3.05, 3.63) is 42.4 Å². The molecule has 0 atom stereocenters. The molecule has 3 rings (SSSR count). The summed E-state index contributed by atoms with van der Waals surface area (Å²) in [6.45, 7) is 0.0752. The standard InChI is InChI=1S/C16H18N6O2/c1-20(2)14(23)9-22-10-17-16(19-22)18-15(24)12-4-5-13-11(8-12)6-7-21(13)3/h4-8,10H,9H2,1-3H3,(H,18,19,24). The van der Waals surface area contributed by atoms with Crippen molar-refractivity contribution in [1.82, 2.24) is 24.2 Å². The summed E-state index contributed by atoms with van der Waals surface area (Å²) in [5.74, 6) is -0.232. The van der Waals surface area contributed by atoms with Crippen molar-refractivity contribution >= 4 is 28.7 Å². The molecule has 124 valence electrons. The fourth-order valence-electron chi connectivity index (χ4n) is 2.30. The molecule has 0 aliphatic carbocycles. The van der Waals surface area contributed by atoms with Crippen LogP contribution in [-0.4, -0.2) is 50.1 Å². The molecule has 2 amide bonds. The number of anilines is 1. The Morgan fingerprint density at radius 3 is 2.79 bits per heavy atom. The molecule has 8 heteroatoms. The van der Waals surface area contributed by atoms with Gasteiger partial charge in [0, 0.05) is 43.8 Å². The first-order valence-electron chi connectivity index (χ1n) is 7.40. The van der Waals surface area contributed by atoms with Crippen molar-refractivity contribution < 1.29 is 9.59 Å². The van der Waals surface area contributed by atoms with Gasteiger partial charge >= 0.3 is 0 Å². The number of hydrogen-bond acceptors (Lipinski definition) is 4. The molecule has 2 heterocycles. The van der Waals surface area contributed by atoms with Crippen molar-refractivity contribution in [2.24, 2.45) is 7.05 Å². The zero-order valence-corrected chi connectivity index (χ0v) is 13.7. The van der Waals surface area contributed by atoms with Gasteiger partial charge in [-0.3, -0.25) is 14.9 Å². The van der Waals surface area contributed by atoms with Crippen LogP contribution in [-0.2, 0) is 18.4 Å². The number of fused-ring (bicyclic) bond motifs is 1. The predicted molar refractivity (Wildman–Crippen MR) is 89.6 cm³/mol. The lowest BCUT2D eigenvalue weighted by atomic mass is 10.1. The molecule has 0 aliphatic heterocycles. The normalized spacial score (nSPS) is 10.8. The molecule has 0 unspecified atom stereocenters. The molecule has 1 aromatic carbocycles. The Morgan fingerprint density at radius 1 is 1.25 bits per heavy atom. The number of aromatic nitrogens is 4. The summed E-state index contributed by atoms with van der Waals surface area (Å²) in [4.78, 5) is 29.4. The van der Waals surface area contributed by atoms with E-state index in [2.05, 4.69) is 15.4 Å². The van der Waals surface area contributed by atoms with Crippen LogP contribution in [0.4, 0.5) is 5.95 Å². The largest absolute Gasteiger partial charge is 0.351 e. The molecule has 0 saturated carbocycles. The molecule has 1 N–H and O–H groups in total. The van der Waals surface area contributed by atoms with Gasteiger partial charge in [-0.2, -0.15) is 0 Å². The third-order valence-corrected chi connectivity index (χ3v) is 3.71. The lowest BCUT2D eigenvalue weighted by Gasteiger charge is -2.09. The van der Waals surface area contributed by atoms with Crippen molar-refractivity contribution in [1.29, 1.82) is 0 Å². The summed E-state index contributed by atoms with van der Waals surface area (Å²) in [7, 11) is 5.29. The third kappa shape index (κ3) is 3.12. The maximum Gasteiger partial charge on any atom is 0.258 e. The van der Waals surface area contributed by atoms with Crippen molar-refractivity contribution in [3.63, 3.8) is 0 Å². The number of likely N-dealkylation sites (N-methyl/N-ethyl adjacent to an activating group) is 1. The second-order valence-corrected chi connectivity index (χ2v) is 5.71. The first-order valence-corrected chi connectivity index (χ1v) is 7.40. The maximum atomic E-state index is 12.3. The van der Waals surface area contributed by atoms with Gasteiger partial charge in [-0.1, -0.05) is 0 Å². The van der Waals surface area contributed by atoms with E-state index in [-0.39, 0.29) is 24.3 Å². The average Bonchev–Trinajstić information content (AvgIpc) is 3.14. The molecule has 0 bridgehead atoms. The number of hydrogen-bond donors (Lipinski definition) is 1. The second-order valence-electron chi connectivity index (χ2n) is 5.71. The molecule has 0 radical (unpaired) electrons. The van der Waals surface area contributed by atoms with Gasteiger partial charge in [0.2, 0.25) is 11.9 Å². The van der Waals surface area contributed by atoms with Gasteiger partial charge < -0.3 is 9.47 Å².